The van der Waals surface area contributed by atoms with E-state index in [1.165, 1.54) is 11.8 Å². The molecular formula is C37H37N5O7S. The van der Waals surface area contributed by atoms with Crippen molar-refractivity contribution >= 4 is 34.5 Å². The van der Waals surface area contributed by atoms with E-state index in [-0.39, 0.29) is 30.7 Å². The molecule has 12 nitrogen and oxygen atoms in total. The van der Waals surface area contributed by atoms with Gasteiger partial charge in [-0.3, -0.25) is 23.9 Å². The molecule has 1 aliphatic heterocycles. The van der Waals surface area contributed by atoms with Crippen LogP contribution in [0.2, 0.25) is 0 Å². The van der Waals surface area contributed by atoms with E-state index >= 15 is 0 Å². The normalized spacial score (nSPS) is 12.4. The molecule has 0 spiro atoms. The third kappa shape index (κ3) is 7.84. The van der Waals surface area contributed by atoms with E-state index in [1.807, 2.05) is 49.4 Å². The van der Waals surface area contributed by atoms with E-state index in [0.717, 1.165) is 16.7 Å². The standard InChI is InChI=1S/C37H37N5O7S/c1-4-33(35(44)40-20-25-6-5-14-38-19-25)50-37-41-28-18-32-31(48-22-49-32)17-27(28)36(45)42(37)21-24-7-10-26(11-8-24)34(43)39-15-13-23-9-12-29(46-2)30(16-23)47-3/h5-12,14,16-19,33H,4,13,15,20-22H2,1-3H3,(H,39,43)(H,40,44). The Bertz CT molecular complexity index is 2050. The summed E-state index contributed by atoms with van der Waals surface area (Å²) < 4.78 is 23.3. The number of thioether (sulfide) groups is 1. The highest BCUT2D eigenvalue weighted by molar-refractivity contribution is 8.00. The van der Waals surface area contributed by atoms with Crippen molar-refractivity contribution in [2.24, 2.45) is 0 Å². The summed E-state index contributed by atoms with van der Waals surface area (Å²) in [5.74, 6) is 1.89. The Morgan fingerprint density at radius 2 is 1.70 bits per heavy atom. The molecule has 0 fully saturated rings. The molecule has 13 heteroatoms. The number of carbonyl (C=O) groups excluding carboxylic acids is 2. The van der Waals surface area contributed by atoms with Gasteiger partial charge in [0.2, 0.25) is 12.7 Å². The maximum atomic E-state index is 14.0. The molecule has 2 aromatic heterocycles. The average molecular weight is 696 g/mol. The third-order valence-electron chi connectivity index (χ3n) is 8.22. The Balaban J connectivity index is 1.19. The highest BCUT2D eigenvalue weighted by atomic mass is 32.2. The first-order chi connectivity index (χ1) is 24.4. The number of pyridine rings is 1. The number of aromatic nitrogens is 3. The predicted octanol–water partition coefficient (Wildman–Crippen LogP) is 4.75. The summed E-state index contributed by atoms with van der Waals surface area (Å²) in [4.78, 5) is 49.2. The molecule has 50 heavy (non-hydrogen) atoms. The summed E-state index contributed by atoms with van der Waals surface area (Å²) in [7, 11) is 3.17. The first kappa shape index (κ1) is 34.3. The molecule has 0 saturated carbocycles. The minimum absolute atomic E-state index is 0.0621. The van der Waals surface area contributed by atoms with Gasteiger partial charge in [0.15, 0.2) is 28.2 Å². The fourth-order valence-corrected chi connectivity index (χ4v) is 6.52. The fraction of sp³-hybridized carbons (Fsp3) is 0.270. The van der Waals surface area contributed by atoms with E-state index in [9.17, 15) is 14.4 Å². The van der Waals surface area contributed by atoms with Crippen molar-refractivity contribution in [3.63, 3.8) is 0 Å². The first-order valence-electron chi connectivity index (χ1n) is 16.1. The maximum Gasteiger partial charge on any atom is 0.262 e. The number of hydrogen-bond donors (Lipinski definition) is 2. The van der Waals surface area contributed by atoms with Gasteiger partial charge in [0, 0.05) is 37.1 Å². The van der Waals surface area contributed by atoms with Gasteiger partial charge in [-0.1, -0.05) is 43.0 Å². The van der Waals surface area contributed by atoms with Crippen molar-refractivity contribution < 1.29 is 28.5 Å². The Morgan fingerprint density at radius 1 is 0.940 bits per heavy atom. The number of benzene rings is 3. The number of carbonyl (C=O) groups is 2. The van der Waals surface area contributed by atoms with Crippen molar-refractivity contribution in [3.05, 3.63) is 112 Å². The zero-order valence-corrected chi connectivity index (χ0v) is 28.7. The topological polar surface area (TPSA) is 143 Å². The Morgan fingerprint density at radius 3 is 2.42 bits per heavy atom. The minimum Gasteiger partial charge on any atom is -0.493 e. The molecule has 0 bridgehead atoms. The predicted molar refractivity (Wildman–Crippen MR) is 189 cm³/mol. The number of nitrogens with one attached hydrogen (secondary N) is 2. The van der Waals surface area contributed by atoms with Crippen LogP contribution in [0.1, 0.15) is 40.4 Å². The monoisotopic (exact) mass is 695 g/mol. The number of nitrogens with zero attached hydrogens (tertiary/aromatic N) is 3. The molecule has 2 N–H and O–H groups in total. The van der Waals surface area contributed by atoms with Gasteiger partial charge in [-0.25, -0.2) is 4.98 Å². The van der Waals surface area contributed by atoms with Crippen molar-refractivity contribution in [2.75, 3.05) is 27.6 Å². The number of methoxy groups -OCH3 is 2. The highest BCUT2D eigenvalue weighted by Crippen LogP contribution is 2.36. The van der Waals surface area contributed by atoms with Gasteiger partial charge < -0.3 is 29.6 Å². The van der Waals surface area contributed by atoms with Gasteiger partial charge in [0.1, 0.15) is 0 Å². The van der Waals surface area contributed by atoms with Crippen LogP contribution < -0.4 is 35.1 Å². The SMILES string of the molecule is CCC(Sc1nc2cc3c(cc2c(=O)n1Cc1ccc(C(=O)NCCc2ccc(OC)c(OC)c2)cc1)OCO3)C(=O)NCc1cccnc1. The summed E-state index contributed by atoms with van der Waals surface area (Å²) in [6, 6.07) is 19.8. The molecule has 1 unspecified atom stereocenters. The van der Waals surface area contributed by atoms with Crippen LogP contribution in [0.15, 0.2) is 89.1 Å². The van der Waals surface area contributed by atoms with Crippen molar-refractivity contribution in [1.29, 1.82) is 0 Å². The number of rotatable bonds is 14. The van der Waals surface area contributed by atoms with Gasteiger partial charge in [0.05, 0.1) is 36.9 Å². The van der Waals surface area contributed by atoms with Crippen LogP contribution in [0.4, 0.5) is 0 Å². The second-order valence-electron chi connectivity index (χ2n) is 11.5. The maximum absolute atomic E-state index is 14.0. The zero-order chi connectivity index (χ0) is 35.0. The minimum atomic E-state index is -0.513. The van der Waals surface area contributed by atoms with Gasteiger partial charge in [-0.15, -0.1) is 0 Å². The molecule has 6 rings (SSSR count). The molecule has 3 heterocycles. The molecule has 3 aromatic carbocycles. The second-order valence-corrected chi connectivity index (χ2v) is 12.7. The summed E-state index contributed by atoms with van der Waals surface area (Å²) in [6.45, 7) is 2.92. The van der Waals surface area contributed by atoms with Crippen LogP contribution >= 0.6 is 11.8 Å². The van der Waals surface area contributed by atoms with E-state index in [0.29, 0.717) is 70.6 Å². The van der Waals surface area contributed by atoms with Gasteiger partial charge in [-0.2, -0.15) is 0 Å². The zero-order valence-electron chi connectivity index (χ0n) is 27.9. The molecule has 258 valence electrons. The van der Waals surface area contributed by atoms with Gasteiger partial charge in [-0.05, 0) is 65.9 Å². The number of hydrogen-bond acceptors (Lipinski definition) is 10. The summed E-state index contributed by atoms with van der Waals surface area (Å²) in [6.07, 6.45) is 4.51. The van der Waals surface area contributed by atoms with E-state index in [1.54, 1.807) is 55.4 Å². The third-order valence-corrected chi connectivity index (χ3v) is 9.57. The number of fused-ring (bicyclic) bond motifs is 2. The lowest BCUT2D eigenvalue weighted by molar-refractivity contribution is -0.120. The lowest BCUT2D eigenvalue weighted by Gasteiger charge is -2.18. The van der Waals surface area contributed by atoms with Crippen LogP contribution in [0.25, 0.3) is 10.9 Å². The average Bonchev–Trinajstić information content (AvgIpc) is 3.61. The van der Waals surface area contributed by atoms with Gasteiger partial charge in [0.25, 0.3) is 11.5 Å². The van der Waals surface area contributed by atoms with Crippen LogP contribution in [-0.4, -0.2) is 59.2 Å². The van der Waals surface area contributed by atoms with Crippen LogP contribution in [0.5, 0.6) is 23.0 Å². The summed E-state index contributed by atoms with van der Waals surface area (Å²) in [5.41, 5.74) is 3.33. The molecule has 5 aromatic rings. The quantitative estimate of drug-likeness (QED) is 0.124. The van der Waals surface area contributed by atoms with Crippen molar-refractivity contribution in [1.82, 2.24) is 25.2 Å². The van der Waals surface area contributed by atoms with Crippen molar-refractivity contribution in [3.8, 4) is 23.0 Å². The lowest BCUT2D eigenvalue weighted by Crippen LogP contribution is -2.33. The Kier molecular flexibility index (Phi) is 10.8. The highest BCUT2D eigenvalue weighted by Gasteiger charge is 2.24. The van der Waals surface area contributed by atoms with Crippen molar-refractivity contribution in [2.45, 2.75) is 43.3 Å². The molecule has 1 atom stereocenters. The second kappa shape index (κ2) is 15.8. The Labute approximate surface area is 293 Å². The fourth-order valence-electron chi connectivity index (χ4n) is 5.48. The summed E-state index contributed by atoms with van der Waals surface area (Å²) in [5, 5.41) is 6.18. The van der Waals surface area contributed by atoms with E-state index in [2.05, 4.69) is 15.6 Å². The Hall–Kier alpha value is -5.56. The number of ether oxygens (including phenoxy) is 4. The molecule has 0 radical (unpaired) electrons. The van der Waals surface area contributed by atoms with E-state index < -0.39 is 5.25 Å². The van der Waals surface area contributed by atoms with Gasteiger partial charge >= 0.3 is 0 Å². The van der Waals surface area contributed by atoms with Crippen LogP contribution in [0.3, 0.4) is 0 Å². The summed E-state index contributed by atoms with van der Waals surface area (Å²) >= 11 is 1.23. The smallest absolute Gasteiger partial charge is 0.262 e. The molecular weight excluding hydrogens is 659 g/mol. The lowest BCUT2D eigenvalue weighted by atomic mass is 10.1. The number of amides is 2. The van der Waals surface area contributed by atoms with Crippen LogP contribution in [-0.2, 0) is 24.3 Å². The van der Waals surface area contributed by atoms with Crippen LogP contribution in [0, 0.1) is 0 Å². The van der Waals surface area contributed by atoms with E-state index in [4.69, 9.17) is 23.9 Å². The molecule has 2 amide bonds. The molecule has 1 aliphatic rings. The molecule has 0 saturated heterocycles. The first-order valence-corrected chi connectivity index (χ1v) is 17.0. The largest absolute Gasteiger partial charge is 0.493 e. The molecule has 0 aliphatic carbocycles.